The van der Waals surface area contributed by atoms with Gasteiger partial charge in [0.1, 0.15) is 0 Å². The summed E-state index contributed by atoms with van der Waals surface area (Å²) in [6.45, 7) is 3.52. The topological polar surface area (TPSA) is 79.5 Å². The van der Waals surface area contributed by atoms with Gasteiger partial charge in [-0.3, -0.25) is 20.4 Å². The molecule has 0 bridgehead atoms. The van der Waals surface area contributed by atoms with Gasteiger partial charge in [-0.25, -0.2) is 4.39 Å². The summed E-state index contributed by atoms with van der Waals surface area (Å²) in [5.74, 6) is -1.60. The summed E-state index contributed by atoms with van der Waals surface area (Å²) in [6.07, 6.45) is 0. The molecule has 6 nitrogen and oxygen atoms in total. The van der Waals surface area contributed by atoms with Crippen LogP contribution in [0.1, 0.15) is 11.1 Å². The molecule has 0 fully saturated rings. The first-order valence-corrected chi connectivity index (χ1v) is 7.72. The van der Waals surface area contributed by atoms with Gasteiger partial charge >= 0.3 is 0 Å². The smallest absolute Gasteiger partial charge is 0.276 e. The number of hydrogen-bond donors (Lipinski definition) is 3. The van der Waals surface area contributed by atoms with Crippen molar-refractivity contribution in [1.82, 2.24) is 10.9 Å². The third kappa shape index (κ3) is 5.80. The van der Waals surface area contributed by atoms with E-state index >= 15 is 0 Å². The van der Waals surface area contributed by atoms with Crippen LogP contribution in [0.2, 0.25) is 0 Å². The van der Waals surface area contributed by atoms with E-state index in [1.54, 1.807) is 6.07 Å². The lowest BCUT2D eigenvalue weighted by Gasteiger charge is -2.11. The second-order valence-electron chi connectivity index (χ2n) is 5.49. The predicted octanol–water partition coefficient (Wildman–Crippen LogP) is 2.08. The zero-order chi connectivity index (χ0) is 18.2. The SMILES string of the molecule is Cc1ccc(NCC(=O)NNC(=O)COc2ccccc2F)c(C)c1. The third-order valence-corrected chi connectivity index (χ3v) is 3.36. The van der Waals surface area contributed by atoms with Crippen LogP contribution in [0.5, 0.6) is 5.75 Å². The quantitative estimate of drug-likeness (QED) is 0.701. The van der Waals surface area contributed by atoms with E-state index in [0.29, 0.717) is 0 Å². The van der Waals surface area contributed by atoms with Crippen LogP contribution in [0.4, 0.5) is 10.1 Å². The molecule has 0 aliphatic rings. The van der Waals surface area contributed by atoms with Crippen molar-refractivity contribution in [3.05, 3.63) is 59.4 Å². The van der Waals surface area contributed by atoms with E-state index in [-0.39, 0.29) is 12.3 Å². The molecule has 0 unspecified atom stereocenters. The molecule has 25 heavy (non-hydrogen) atoms. The zero-order valence-electron chi connectivity index (χ0n) is 14.1. The van der Waals surface area contributed by atoms with Gasteiger partial charge in [-0.2, -0.15) is 0 Å². The van der Waals surface area contributed by atoms with Gasteiger partial charge in [0.15, 0.2) is 18.2 Å². The Hall–Kier alpha value is -3.09. The Morgan fingerprint density at radius 3 is 2.48 bits per heavy atom. The molecule has 2 rings (SSSR count). The van der Waals surface area contributed by atoms with E-state index in [1.807, 2.05) is 32.0 Å². The first-order valence-electron chi connectivity index (χ1n) is 7.72. The molecule has 132 valence electrons. The van der Waals surface area contributed by atoms with Crippen molar-refractivity contribution < 1.29 is 18.7 Å². The molecule has 0 aromatic heterocycles. The van der Waals surface area contributed by atoms with Crippen molar-refractivity contribution in [2.75, 3.05) is 18.5 Å². The Bertz CT molecular complexity index is 765. The summed E-state index contributed by atoms with van der Waals surface area (Å²) in [4.78, 5) is 23.3. The Labute approximate surface area is 145 Å². The number of anilines is 1. The number of ether oxygens (including phenoxy) is 1. The minimum absolute atomic E-state index is 0.00164. The van der Waals surface area contributed by atoms with Gasteiger partial charge < -0.3 is 10.1 Å². The number of nitrogens with one attached hydrogen (secondary N) is 3. The van der Waals surface area contributed by atoms with Crippen LogP contribution in [0.15, 0.2) is 42.5 Å². The lowest BCUT2D eigenvalue weighted by molar-refractivity contribution is -0.129. The summed E-state index contributed by atoms with van der Waals surface area (Å²) in [5, 5.41) is 2.98. The van der Waals surface area contributed by atoms with Gasteiger partial charge in [0.2, 0.25) is 0 Å². The van der Waals surface area contributed by atoms with Crippen molar-refractivity contribution in [3.8, 4) is 5.75 Å². The molecule has 0 aliphatic carbocycles. The number of hydrazine groups is 1. The van der Waals surface area contributed by atoms with Crippen molar-refractivity contribution in [3.63, 3.8) is 0 Å². The van der Waals surface area contributed by atoms with E-state index in [9.17, 15) is 14.0 Å². The number of aryl methyl sites for hydroxylation is 2. The standard InChI is InChI=1S/C18H20FN3O3/c1-12-7-8-15(13(2)9-12)20-10-17(23)21-22-18(24)11-25-16-6-4-3-5-14(16)19/h3-9,20H,10-11H2,1-2H3,(H,21,23)(H,22,24). The number of hydrogen-bond acceptors (Lipinski definition) is 4. The molecule has 0 spiro atoms. The highest BCUT2D eigenvalue weighted by Crippen LogP contribution is 2.15. The minimum Gasteiger partial charge on any atom is -0.481 e. The van der Waals surface area contributed by atoms with Crippen LogP contribution in [-0.4, -0.2) is 25.0 Å². The predicted molar refractivity (Wildman–Crippen MR) is 92.6 cm³/mol. The lowest BCUT2D eigenvalue weighted by Crippen LogP contribution is -2.46. The Morgan fingerprint density at radius 1 is 1.04 bits per heavy atom. The lowest BCUT2D eigenvalue weighted by atomic mass is 10.1. The Balaban J connectivity index is 1.70. The fraction of sp³-hybridized carbons (Fsp3) is 0.222. The molecule has 0 saturated heterocycles. The fourth-order valence-corrected chi connectivity index (χ4v) is 2.11. The maximum atomic E-state index is 13.3. The number of benzene rings is 2. The zero-order valence-corrected chi connectivity index (χ0v) is 14.1. The van der Waals surface area contributed by atoms with Crippen LogP contribution >= 0.6 is 0 Å². The summed E-state index contributed by atoms with van der Waals surface area (Å²) in [5.41, 5.74) is 7.47. The van der Waals surface area contributed by atoms with Gasteiger partial charge in [-0.1, -0.05) is 29.8 Å². The second-order valence-corrected chi connectivity index (χ2v) is 5.49. The maximum absolute atomic E-state index is 13.3. The normalized spacial score (nSPS) is 10.0. The van der Waals surface area contributed by atoms with E-state index < -0.39 is 24.2 Å². The van der Waals surface area contributed by atoms with Gasteiger partial charge in [0.25, 0.3) is 11.8 Å². The molecule has 7 heteroatoms. The summed E-state index contributed by atoms with van der Waals surface area (Å²) in [6, 6.07) is 11.6. The Morgan fingerprint density at radius 2 is 1.76 bits per heavy atom. The third-order valence-electron chi connectivity index (χ3n) is 3.36. The van der Waals surface area contributed by atoms with Crippen molar-refractivity contribution in [2.24, 2.45) is 0 Å². The van der Waals surface area contributed by atoms with E-state index in [0.717, 1.165) is 16.8 Å². The van der Waals surface area contributed by atoms with E-state index in [2.05, 4.69) is 16.2 Å². The molecule has 2 amide bonds. The number of amides is 2. The number of halogens is 1. The van der Waals surface area contributed by atoms with Gasteiger partial charge in [-0.05, 0) is 37.6 Å². The summed E-state index contributed by atoms with van der Waals surface area (Å²) >= 11 is 0. The molecule has 0 heterocycles. The van der Waals surface area contributed by atoms with Crippen LogP contribution in [0.3, 0.4) is 0 Å². The van der Waals surface area contributed by atoms with Gasteiger partial charge in [-0.15, -0.1) is 0 Å². The van der Waals surface area contributed by atoms with Crippen molar-refractivity contribution in [2.45, 2.75) is 13.8 Å². The van der Waals surface area contributed by atoms with Crippen LogP contribution in [-0.2, 0) is 9.59 Å². The number of carbonyl (C=O) groups is 2. The highest BCUT2D eigenvalue weighted by molar-refractivity contribution is 5.85. The molecule has 2 aromatic rings. The van der Waals surface area contributed by atoms with Gasteiger partial charge in [0, 0.05) is 5.69 Å². The number of rotatable bonds is 6. The molecular formula is C18H20FN3O3. The molecule has 0 aliphatic heterocycles. The summed E-state index contributed by atoms with van der Waals surface area (Å²) in [7, 11) is 0. The first-order chi connectivity index (χ1) is 12.0. The molecule has 3 N–H and O–H groups in total. The van der Waals surface area contributed by atoms with E-state index in [1.165, 1.54) is 18.2 Å². The van der Waals surface area contributed by atoms with E-state index in [4.69, 9.17) is 4.74 Å². The first kappa shape index (κ1) is 18.3. The van der Waals surface area contributed by atoms with Crippen molar-refractivity contribution >= 4 is 17.5 Å². The Kier molecular flexibility index (Phi) is 6.33. The molecule has 0 saturated carbocycles. The average molecular weight is 345 g/mol. The fourth-order valence-electron chi connectivity index (χ4n) is 2.11. The minimum atomic E-state index is -0.594. The number of carbonyl (C=O) groups excluding carboxylic acids is 2. The molecule has 0 atom stereocenters. The maximum Gasteiger partial charge on any atom is 0.276 e. The highest BCUT2D eigenvalue weighted by atomic mass is 19.1. The number of para-hydroxylation sites is 1. The highest BCUT2D eigenvalue weighted by Gasteiger charge is 2.08. The monoisotopic (exact) mass is 345 g/mol. The van der Waals surface area contributed by atoms with Crippen molar-refractivity contribution in [1.29, 1.82) is 0 Å². The summed E-state index contributed by atoms with van der Waals surface area (Å²) < 4.78 is 18.4. The van der Waals surface area contributed by atoms with Crippen LogP contribution in [0.25, 0.3) is 0 Å². The second kappa shape index (κ2) is 8.68. The largest absolute Gasteiger partial charge is 0.481 e. The van der Waals surface area contributed by atoms with Crippen LogP contribution < -0.4 is 20.9 Å². The van der Waals surface area contributed by atoms with Crippen LogP contribution in [0, 0.1) is 19.7 Å². The molecule has 2 aromatic carbocycles. The average Bonchev–Trinajstić information content (AvgIpc) is 2.58. The molecule has 0 radical (unpaired) electrons. The molecular weight excluding hydrogens is 325 g/mol. The van der Waals surface area contributed by atoms with Gasteiger partial charge in [0.05, 0.1) is 6.54 Å².